The maximum atomic E-state index is 5.91. The van der Waals surface area contributed by atoms with Gasteiger partial charge in [-0.2, -0.15) is 0 Å². The minimum atomic E-state index is 0.226. The number of hydrogen-bond acceptors (Lipinski definition) is 3. The van der Waals surface area contributed by atoms with E-state index in [1.54, 1.807) is 0 Å². The highest BCUT2D eigenvalue weighted by molar-refractivity contribution is 4.99. The lowest BCUT2D eigenvalue weighted by Crippen LogP contribution is -2.52. The van der Waals surface area contributed by atoms with E-state index < -0.39 is 0 Å². The van der Waals surface area contributed by atoms with E-state index in [1.807, 2.05) is 0 Å². The van der Waals surface area contributed by atoms with Crippen molar-refractivity contribution in [3.63, 3.8) is 0 Å². The van der Waals surface area contributed by atoms with Gasteiger partial charge in [-0.15, -0.1) is 0 Å². The molecule has 0 saturated carbocycles. The molecule has 1 fully saturated rings. The number of likely N-dealkylation sites (N-methyl/N-ethyl adjacent to an activating group) is 1. The van der Waals surface area contributed by atoms with Crippen LogP contribution in [0.2, 0.25) is 0 Å². The Balaban J connectivity index is 2.61. The molecule has 14 heavy (non-hydrogen) atoms. The molecule has 3 heteroatoms. The number of likely N-dealkylation sites (tertiary alicyclic amines) is 1. The van der Waals surface area contributed by atoms with Crippen LogP contribution in [0.25, 0.3) is 0 Å². The van der Waals surface area contributed by atoms with Crippen molar-refractivity contribution in [3.05, 3.63) is 0 Å². The summed E-state index contributed by atoms with van der Waals surface area (Å²) in [4.78, 5) is 4.86. The number of hydrogen-bond donors (Lipinski definition) is 1. The fraction of sp³-hybridized carbons (Fsp3) is 1.00. The van der Waals surface area contributed by atoms with Crippen LogP contribution in [0.4, 0.5) is 0 Å². The third-order valence-electron chi connectivity index (χ3n) is 3.90. The molecule has 3 nitrogen and oxygen atoms in total. The number of nitrogens with zero attached hydrogens (tertiary/aromatic N) is 2. The molecular formula is C11H25N3. The van der Waals surface area contributed by atoms with E-state index >= 15 is 0 Å². The Labute approximate surface area is 88.2 Å². The molecule has 0 radical (unpaired) electrons. The van der Waals surface area contributed by atoms with Crippen LogP contribution < -0.4 is 5.73 Å². The average molecular weight is 199 g/mol. The average Bonchev–Trinajstić information content (AvgIpc) is 2.62. The Kier molecular flexibility index (Phi) is 3.93. The fourth-order valence-corrected chi connectivity index (χ4v) is 2.24. The van der Waals surface area contributed by atoms with E-state index in [9.17, 15) is 0 Å². The third kappa shape index (κ3) is 2.10. The summed E-state index contributed by atoms with van der Waals surface area (Å²) in [7, 11) is 4.29. The van der Waals surface area contributed by atoms with Crippen molar-refractivity contribution in [2.45, 2.75) is 38.3 Å². The summed E-state index contributed by atoms with van der Waals surface area (Å²) in [6, 6.07) is 0.698. The second-order valence-corrected chi connectivity index (χ2v) is 4.80. The second kappa shape index (κ2) is 4.60. The van der Waals surface area contributed by atoms with Crippen molar-refractivity contribution in [2.24, 2.45) is 5.73 Å². The first-order valence-electron chi connectivity index (χ1n) is 5.67. The van der Waals surface area contributed by atoms with Crippen molar-refractivity contribution in [1.29, 1.82) is 0 Å². The SMILES string of the molecule is CCC(C)N1CCC(CN)(N(C)C)C1. The lowest BCUT2D eigenvalue weighted by atomic mass is 9.97. The fourth-order valence-electron chi connectivity index (χ4n) is 2.24. The van der Waals surface area contributed by atoms with Gasteiger partial charge in [-0.25, -0.2) is 0 Å². The maximum Gasteiger partial charge on any atom is 0.0464 e. The Morgan fingerprint density at radius 2 is 2.14 bits per heavy atom. The summed E-state index contributed by atoms with van der Waals surface area (Å²) in [5.41, 5.74) is 6.13. The second-order valence-electron chi connectivity index (χ2n) is 4.80. The molecule has 0 spiro atoms. The summed E-state index contributed by atoms with van der Waals surface area (Å²) in [6.45, 7) is 7.66. The van der Waals surface area contributed by atoms with Gasteiger partial charge in [0.05, 0.1) is 0 Å². The van der Waals surface area contributed by atoms with E-state index in [4.69, 9.17) is 5.73 Å². The molecule has 1 heterocycles. The van der Waals surface area contributed by atoms with Gasteiger partial charge in [0.1, 0.15) is 0 Å². The van der Waals surface area contributed by atoms with Crippen molar-refractivity contribution in [1.82, 2.24) is 9.80 Å². The summed E-state index contributed by atoms with van der Waals surface area (Å²) < 4.78 is 0. The lowest BCUT2D eigenvalue weighted by molar-refractivity contribution is 0.147. The topological polar surface area (TPSA) is 32.5 Å². The quantitative estimate of drug-likeness (QED) is 0.725. The first-order valence-corrected chi connectivity index (χ1v) is 5.67. The van der Waals surface area contributed by atoms with Crippen molar-refractivity contribution >= 4 is 0 Å². The summed E-state index contributed by atoms with van der Waals surface area (Å²) in [6.07, 6.45) is 2.44. The van der Waals surface area contributed by atoms with Crippen molar-refractivity contribution < 1.29 is 0 Å². The third-order valence-corrected chi connectivity index (χ3v) is 3.90. The van der Waals surface area contributed by atoms with Gasteiger partial charge >= 0.3 is 0 Å². The van der Waals surface area contributed by atoms with E-state index in [0.29, 0.717) is 6.04 Å². The maximum absolute atomic E-state index is 5.91. The van der Waals surface area contributed by atoms with Crippen LogP contribution in [-0.2, 0) is 0 Å². The smallest absolute Gasteiger partial charge is 0.0464 e. The van der Waals surface area contributed by atoms with Gasteiger partial charge in [0.2, 0.25) is 0 Å². The van der Waals surface area contributed by atoms with E-state index in [0.717, 1.165) is 13.1 Å². The summed E-state index contributed by atoms with van der Waals surface area (Å²) >= 11 is 0. The molecule has 0 bridgehead atoms. The molecule has 0 amide bonds. The largest absolute Gasteiger partial charge is 0.329 e. The van der Waals surface area contributed by atoms with Gasteiger partial charge in [-0.3, -0.25) is 4.90 Å². The van der Waals surface area contributed by atoms with Crippen LogP contribution in [0.5, 0.6) is 0 Å². The zero-order valence-electron chi connectivity index (χ0n) is 10.1. The van der Waals surface area contributed by atoms with Crippen molar-refractivity contribution in [3.8, 4) is 0 Å². The molecule has 0 aromatic carbocycles. The molecule has 1 aliphatic heterocycles. The molecule has 2 N–H and O–H groups in total. The highest BCUT2D eigenvalue weighted by Crippen LogP contribution is 2.27. The lowest BCUT2D eigenvalue weighted by Gasteiger charge is -2.36. The van der Waals surface area contributed by atoms with Crippen LogP contribution in [0.15, 0.2) is 0 Å². The minimum absolute atomic E-state index is 0.226. The zero-order valence-corrected chi connectivity index (χ0v) is 10.1. The predicted molar refractivity (Wildman–Crippen MR) is 61.4 cm³/mol. The van der Waals surface area contributed by atoms with E-state index in [2.05, 4.69) is 37.7 Å². The van der Waals surface area contributed by atoms with Gasteiger partial charge in [-0.05, 0) is 33.9 Å². The number of rotatable bonds is 4. The Morgan fingerprint density at radius 1 is 1.50 bits per heavy atom. The van der Waals surface area contributed by atoms with Crippen LogP contribution >= 0.6 is 0 Å². The molecule has 1 rings (SSSR count). The zero-order chi connectivity index (χ0) is 10.8. The van der Waals surface area contributed by atoms with Gasteiger partial charge in [0, 0.05) is 31.2 Å². The first-order chi connectivity index (χ1) is 6.55. The molecule has 2 unspecified atom stereocenters. The predicted octanol–water partition coefficient (Wildman–Crippen LogP) is 0.750. The monoisotopic (exact) mass is 199 g/mol. The Morgan fingerprint density at radius 3 is 2.50 bits per heavy atom. The molecule has 1 saturated heterocycles. The molecule has 2 atom stereocenters. The van der Waals surface area contributed by atoms with E-state index in [-0.39, 0.29) is 5.54 Å². The summed E-state index contributed by atoms with van der Waals surface area (Å²) in [5.74, 6) is 0. The number of nitrogens with two attached hydrogens (primary N) is 1. The highest BCUT2D eigenvalue weighted by Gasteiger charge is 2.39. The molecule has 0 aromatic rings. The van der Waals surface area contributed by atoms with Gasteiger partial charge < -0.3 is 10.6 Å². The van der Waals surface area contributed by atoms with Gasteiger partial charge in [0.15, 0.2) is 0 Å². The molecule has 0 aromatic heterocycles. The molecular weight excluding hydrogens is 174 g/mol. The Hall–Kier alpha value is -0.120. The van der Waals surface area contributed by atoms with Crippen molar-refractivity contribution in [2.75, 3.05) is 33.7 Å². The van der Waals surface area contributed by atoms with E-state index in [1.165, 1.54) is 19.4 Å². The van der Waals surface area contributed by atoms with Crippen LogP contribution in [0.3, 0.4) is 0 Å². The standard InChI is InChI=1S/C11H25N3/c1-5-10(2)14-7-6-11(8-12,9-14)13(3)4/h10H,5-9,12H2,1-4H3. The van der Waals surface area contributed by atoms with Crippen LogP contribution in [-0.4, -0.2) is 55.1 Å². The highest BCUT2D eigenvalue weighted by atomic mass is 15.3. The molecule has 84 valence electrons. The first kappa shape index (κ1) is 12.0. The molecule has 0 aliphatic carbocycles. The van der Waals surface area contributed by atoms with Gasteiger partial charge in [-0.1, -0.05) is 6.92 Å². The Bertz CT molecular complexity index is 181. The minimum Gasteiger partial charge on any atom is -0.329 e. The van der Waals surface area contributed by atoms with Gasteiger partial charge in [0.25, 0.3) is 0 Å². The van der Waals surface area contributed by atoms with Crippen LogP contribution in [0, 0.1) is 0 Å². The summed E-state index contributed by atoms with van der Waals surface area (Å²) in [5, 5.41) is 0. The molecule has 1 aliphatic rings. The normalized spacial score (nSPS) is 31.3. The van der Waals surface area contributed by atoms with Crippen LogP contribution in [0.1, 0.15) is 26.7 Å².